The highest BCUT2D eigenvalue weighted by Gasteiger charge is 2.03. The summed E-state index contributed by atoms with van der Waals surface area (Å²) in [6.07, 6.45) is 5.70. The van der Waals surface area contributed by atoms with Crippen LogP contribution in [0.25, 0.3) is 0 Å². The van der Waals surface area contributed by atoms with Crippen molar-refractivity contribution in [2.45, 2.75) is 33.9 Å². The van der Waals surface area contributed by atoms with Crippen molar-refractivity contribution in [2.75, 3.05) is 13.2 Å². The summed E-state index contributed by atoms with van der Waals surface area (Å²) < 4.78 is 7.81. The van der Waals surface area contributed by atoms with Gasteiger partial charge in [-0.25, -0.2) is 4.98 Å². The fourth-order valence-electron chi connectivity index (χ4n) is 2.25. The molecule has 0 bridgehead atoms. The van der Waals surface area contributed by atoms with Crippen molar-refractivity contribution in [3.05, 3.63) is 48.5 Å². The van der Waals surface area contributed by atoms with Gasteiger partial charge in [-0.3, -0.25) is 0 Å². The lowest BCUT2D eigenvalue weighted by Gasteiger charge is -2.13. The van der Waals surface area contributed by atoms with Crippen molar-refractivity contribution in [1.29, 1.82) is 0 Å². The van der Waals surface area contributed by atoms with Gasteiger partial charge in [0.25, 0.3) is 0 Å². The molecule has 0 aliphatic rings. The highest BCUT2D eigenvalue weighted by molar-refractivity contribution is 5.27. The highest BCUT2D eigenvalue weighted by Crippen LogP contribution is 2.13. The first-order valence-electron chi connectivity index (χ1n) is 8.01. The van der Waals surface area contributed by atoms with Gasteiger partial charge in [-0.2, -0.15) is 0 Å². The van der Waals surface area contributed by atoms with E-state index in [0.29, 0.717) is 11.8 Å². The summed E-state index contributed by atoms with van der Waals surface area (Å²) in [5, 5.41) is 3.51. The summed E-state index contributed by atoms with van der Waals surface area (Å²) in [6, 6.07) is 8.36. The van der Waals surface area contributed by atoms with Gasteiger partial charge in [0.2, 0.25) is 0 Å². The molecule has 120 valence electrons. The second kappa shape index (κ2) is 8.59. The Hall–Kier alpha value is -1.81. The zero-order valence-corrected chi connectivity index (χ0v) is 13.8. The van der Waals surface area contributed by atoms with E-state index in [9.17, 15) is 0 Å². The minimum Gasteiger partial charge on any atom is -0.493 e. The monoisotopic (exact) mass is 301 g/mol. The molecular formula is C18H27N3O. The molecule has 0 saturated heterocycles. The van der Waals surface area contributed by atoms with Crippen molar-refractivity contribution in [3.63, 3.8) is 0 Å². The standard InChI is InChI=1S/C18H27N3O/c1-15(2)13-22-18-6-4-17(5-7-18)11-20-10-16(3)12-21-9-8-19-14-21/h4-9,14-16,20H,10-13H2,1-3H3. The van der Waals surface area contributed by atoms with Gasteiger partial charge in [0, 0.05) is 25.5 Å². The topological polar surface area (TPSA) is 39.1 Å². The van der Waals surface area contributed by atoms with E-state index < -0.39 is 0 Å². The van der Waals surface area contributed by atoms with Crippen LogP contribution >= 0.6 is 0 Å². The molecule has 1 N–H and O–H groups in total. The normalized spacial score (nSPS) is 12.5. The van der Waals surface area contributed by atoms with Gasteiger partial charge < -0.3 is 14.6 Å². The molecule has 1 unspecified atom stereocenters. The van der Waals surface area contributed by atoms with Crippen LogP contribution in [-0.2, 0) is 13.1 Å². The highest BCUT2D eigenvalue weighted by atomic mass is 16.5. The van der Waals surface area contributed by atoms with Crippen LogP contribution in [0.4, 0.5) is 0 Å². The van der Waals surface area contributed by atoms with Crippen LogP contribution in [0.1, 0.15) is 26.3 Å². The van der Waals surface area contributed by atoms with Gasteiger partial charge in [0.15, 0.2) is 0 Å². The first kappa shape index (κ1) is 16.6. The maximum atomic E-state index is 5.69. The van der Waals surface area contributed by atoms with E-state index in [1.54, 1.807) is 0 Å². The first-order chi connectivity index (χ1) is 10.6. The lowest BCUT2D eigenvalue weighted by molar-refractivity contribution is 0.271. The molecule has 0 spiro atoms. The summed E-state index contributed by atoms with van der Waals surface area (Å²) in [6.45, 7) is 10.2. The molecule has 1 aromatic heterocycles. The summed E-state index contributed by atoms with van der Waals surface area (Å²) in [5.41, 5.74) is 1.28. The molecule has 0 amide bonds. The predicted octanol–water partition coefficient (Wildman–Crippen LogP) is 3.34. The summed E-state index contributed by atoms with van der Waals surface area (Å²) in [7, 11) is 0. The number of aromatic nitrogens is 2. The molecule has 0 fully saturated rings. The lowest BCUT2D eigenvalue weighted by atomic mass is 10.1. The van der Waals surface area contributed by atoms with Crippen LogP contribution in [-0.4, -0.2) is 22.7 Å². The van der Waals surface area contributed by atoms with Crippen molar-refractivity contribution in [1.82, 2.24) is 14.9 Å². The Kier molecular flexibility index (Phi) is 6.46. The number of imidazole rings is 1. The fraction of sp³-hybridized carbons (Fsp3) is 0.500. The molecule has 0 saturated carbocycles. The van der Waals surface area contributed by atoms with E-state index in [1.807, 2.05) is 30.9 Å². The number of rotatable bonds is 9. The van der Waals surface area contributed by atoms with Crippen LogP contribution in [0.5, 0.6) is 5.75 Å². The largest absolute Gasteiger partial charge is 0.493 e. The smallest absolute Gasteiger partial charge is 0.119 e. The molecular weight excluding hydrogens is 274 g/mol. The quantitative estimate of drug-likeness (QED) is 0.772. The molecule has 2 rings (SSSR count). The number of ether oxygens (including phenoxy) is 1. The van der Waals surface area contributed by atoms with E-state index in [0.717, 1.165) is 32.0 Å². The van der Waals surface area contributed by atoms with Crippen LogP contribution in [0.15, 0.2) is 43.0 Å². The second-order valence-electron chi connectivity index (χ2n) is 6.34. The molecule has 4 nitrogen and oxygen atoms in total. The SMILES string of the molecule is CC(C)COc1ccc(CNCC(C)Cn2ccnc2)cc1. The molecule has 2 aromatic rings. The van der Waals surface area contributed by atoms with Gasteiger partial charge in [0.05, 0.1) is 12.9 Å². The molecule has 1 aromatic carbocycles. The molecule has 0 aliphatic carbocycles. The first-order valence-corrected chi connectivity index (χ1v) is 8.01. The van der Waals surface area contributed by atoms with E-state index >= 15 is 0 Å². The molecule has 1 atom stereocenters. The fourth-order valence-corrected chi connectivity index (χ4v) is 2.25. The van der Waals surface area contributed by atoms with Crippen molar-refractivity contribution >= 4 is 0 Å². The third-order valence-electron chi connectivity index (χ3n) is 3.41. The van der Waals surface area contributed by atoms with E-state index in [2.05, 4.69) is 47.8 Å². The van der Waals surface area contributed by atoms with Gasteiger partial charge in [0.1, 0.15) is 5.75 Å². The molecule has 1 heterocycles. The maximum Gasteiger partial charge on any atom is 0.119 e. The lowest BCUT2D eigenvalue weighted by Crippen LogP contribution is -2.23. The average molecular weight is 301 g/mol. The third-order valence-corrected chi connectivity index (χ3v) is 3.41. The Morgan fingerprint density at radius 1 is 1.18 bits per heavy atom. The maximum absolute atomic E-state index is 5.69. The Labute approximate surface area is 133 Å². The third kappa shape index (κ3) is 5.90. The predicted molar refractivity (Wildman–Crippen MR) is 89.9 cm³/mol. The van der Waals surface area contributed by atoms with Crippen LogP contribution < -0.4 is 10.1 Å². The summed E-state index contributed by atoms with van der Waals surface area (Å²) in [5.74, 6) is 2.08. The molecule has 0 radical (unpaired) electrons. The number of hydrogen-bond acceptors (Lipinski definition) is 3. The number of nitrogens with one attached hydrogen (secondary N) is 1. The van der Waals surface area contributed by atoms with Crippen molar-refractivity contribution in [2.24, 2.45) is 11.8 Å². The Morgan fingerprint density at radius 3 is 2.59 bits per heavy atom. The number of benzene rings is 1. The Balaban J connectivity index is 1.68. The van der Waals surface area contributed by atoms with Gasteiger partial charge >= 0.3 is 0 Å². The molecule has 0 aliphatic heterocycles. The summed E-state index contributed by atoms with van der Waals surface area (Å²) >= 11 is 0. The van der Waals surface area contributed by atoms with Crippen LogP contribution in [0.3, 0.4) is 0 Å². The van der Waals surface area contributed by atoms with Crippen LogP contribution in [0, 0.1) is 11.8 Å². The second-order valence-corrected chi connectivity index (χ2v) is 6.34. The van der Waals surface area contributed by atoms with E-state index in [4.69, 9.17) is 4.74 Å². The molecule has 22 heavy (non-hydrogen) atoms. The Morgan fingerprint density at radius 2 is 1.95 bits per heavy atom. The van der Waals surface area contributed by atoms with E-state index in [1.165, 1.54) is 5.56 Å². The zero-order valence-electron chi connectivity index (χ0n) is 13.8. The van der Waals surface area contributed by atoms with E-state index in [-0.39, 0.29) is 0 Å². The van der Waals surface area contributed by atoms with Crippen molar-refractivity contribution in [3.8, 4) is 5.75 Å². The number of hydrogen-bond donors (Lipinski definition) is 1. The minimum absolute atomic E-state index is 0.554. The van der Waals surface area contributed by atoms with Crippen molar-refractivity contribution < 1.29 is 4.74 Å². The minimum atomic E-state index is 0.554. The zero-order chi connectivity index (χ0) is 15.8. The molecule has 4 heteroatoms. The summed E-state index contributed by atoms with van der Waals surface area (Å²) in [4.78, 5) is 4.07. The average Bonchev–Trinajstić information content (AvgIpc) is 2.99. The van der Waals surface area contributed by atoms with Gasteiger partial charge in [-0.15, -0.1) is 0 Å². The van der Waals surface area contributed by atoms with Gasteiger partial charge in [-0.1, -0.05) is 32.9 Å². The van der Waals surface area contributed by atoms with Gasteiger partial charge in [-0.05, 0) is 36.1 Å². The number of nitrogens with zero attached hydrogens (tertiary/aromatic N) is 2. The Bertz CT molecular complexity index is 520. The van der Waals surface area contributed by atoms with Crippen LogP contribution in [0.2, 0.25) is 0 Å².